The number of rotatable bonds is 7. The molecule has 0 aromatic heterocycles. The van der Waals surface area contributed by atoms with E-state index in [1.165, 1.54) is 11.8 Å². The molecule has 2 heterocycles. The van der Waals surface area contributed by atoms with Crippen LogP contribution in [0.25, 0.3) is 0 Å². The van der Waals surface area contributed by atoms with Gasteiger partial charge >= 0.3 is 0 Å². The number of carbonyl (C=O) groups is 1. The molecule has 1 unspecified atom stereocenters. The Morgan fingerprint density at radius 1 is 1.26 bits per heavy atom. The minimum absolute atomic E-state index is 0.00595. The van der Waals surface area contributed by atoms with Crippen molar-refractivity contribution < 1.29 is 24.9 Å². The van der Waals surface area contributed by atoms with Crippen LogP contribution in [0.15, 0.2) is 0 Å². The van der Waals surface area contributed by atoms with Crippen LogP contribution >= 0.6 is 11.8 Å². The molecule has 0 aliphatic carbocycles. The van der Waals surface area contributed by atoms with Gasteiger partial charge in [-0.1, -0.05) is 33.6 Å². The van der Waals surface area contributed by atoms with Crippen LogP contribution < -0.4 is 10.6 Å². The van der Waals surface area contributed by atoms with E-state index in [2.05, 4.69) is 17.6 Å². The second-order valence-electron chi connectivity index (χ2n) is 8.14. The van der Waals surface area contributed by atoms with Crippen LogP contribution in [0.4, 0.5) is 0 Å². The van der Waals surface area contributed by atoms with E-state index in [0.29, 0.717) is 5.92 Å². The van der Waals surface area contributed by atoms with E-state index >= 15 is 0 Å². The number of piperidine rings is 1. The lowest BCUT2D eigenvalue weighted by Crippen LogP contribution is -2.65. The molecule has 0 bridgehead atoms. The van der Waals surface area contributed by atoms with Crippen LogP contribution in [0.1, 0.15) is 46.5 Å². The number of amides is 1. The number of hydrogen-bond donors (Lipinski definition) is 5. The van der Waals surface area contributed by atoms with Crippen molar-refractivity contribution in [3.05, 3.63) is 0 Å². The molecule has 2 aliphatic rings. The third kappa shape index (κ3) is 5.58. The maximum absolute atomic E-state index is 12.9. The second-order valence-corrected chi connectivity index (χ2v) is 9.08. The topological polar surface area (TPSA) is 111 Å². The van der Waals surface area contributed by atoms with E-state index in [-0.39, 0.29) is 17.9 Å². The molecule has 2 saturated heterocycles. The number of nitrogens with one attached hydrogen (secondary N) is 2. The summed E-state index contributed by atoms with van der Waals surface area (Å²) in [5.74, 6) is 0.457. The van der Waals surface area contributed by atoms with Crippen molar-refractivity contribution >= 4 is 17.7 Å². The Labute approximate surface area is 166 Å². The third-order valence-electron chi connectivity index (χ3n) is 5.75. The smallest absolute Gasteiger partial charge is 0.237 e. The molecule has 0 saturated carbocycles. The van der Waals surface area contributed by atoms with E-state index in [0.717, 1.165) is 32.2 Å². The standard InChI is InChI=1S/C19H36N2O5S/c1-5-6-11-7-8-20-12(9-11)18(25)21-13(10(2)3)17-15(23)14(22)16(24)19(26-17)27-4/h10-17,19-20,22-24H,5-9H2,1-4H3,(H,21,25)/t11-,12+,13?,14+,15-,16-,17-,19-/m1/s1. The van der Waals surface area contributed by atoms with Gasteiger partial charge in [-0.15, -0.1) is 11.8 Å². The Hall–Kier alpha value is -0.380. The summed E-state index contributed by atoms with van der Waals surface area (Å²) in [4.78, 5) is 12.9. The minimum Gasteiger partial charge on any atom is -0.388 e. The first-order valence-corrected chi connectivity index (χ1v) is 11.3. The SMILES string of the molecule is CCC[C@@H]1CCN[C@H](C(=O)NC(C(C)C)[C@H]2O[C@H](SC)[C@H](O)[C@@H](O)[C@H]2O)C1. The first kappa shape index (κ1) is 22.9. The van der Waals surface area contributed by atoms with Crippen molar-refractivity contribution in [2.24, 2.45) is 11.8 Å². The van der Waals surface area contributed by atoms with Gasteiger partial charge in [0.05, 0.1) is 12.1 Å². The zero-order valence-electron chi connectivity index (χ0n) is 16.8. The van der Waals surface area contributed by atoms with E-state index in [4.69, 9.17) is 4.74 Å². The summed E-state index contributed by atoms with van der Waals surface area (Å²) < 4.78 is 5.87. The molecule has 8 atom stereocenters. The molecule has 2 fully saturated rings. The zero-order valence-corrected chi connectivity index (χ0v) is 17.6. The highest BCUT2D eigenvalue weighted by Crippen LogP contribution is 2.30. The number of aliphatic hydroxyl groups excluding tert-OH is 3. The maximum atomic E-state index is 12.9. The van der Waals surface area contributed by atoms with Crippen LogP contribution in [-0.4, -0.2) is 76.0 Å². The highest BCUT2D eigenvalue weighted by Gasteiger charge is 2.47. The number of thioether (sulfide) groups is 1. The van der Waals surface area contributed by atoms with Crippen molar-refractivity contribution in [1.82, 2.24) is 10.6 Å². The van der Waals surface area contributed by atoms with E-state index in [1.54, 1.807) is 6.26 Å². The minimum atomic E-state index is -1.30. The molecule has 2 aliphatic heterocycles. The van der Waals surface area contributed by atoms with Gasteiger partial charge in [-0.05, 0) is 37.5 Å². The predicted molar refractivity (Wildman–Crippen MR) is 106 cm³/mol. The summed E-state index contributed by atoms with van der Waals surface area (Å²) in [6, 6.07) is -0.707. The van der Waals surface area contributed by atoms with E-state index in [9.17, 15) is 20.1 Å². The summed E-state index contributed by atoms with van der Waals surface area (Å²) in [7, 11) is 0. The highest BCUT2D eigenvalue weighted by molar-refractivity contribution is 7.99. The van der Waals surface area contributed by atoms with Gasteiger partial charge < -0.3 is 30.7 Å². The normalized spacial score (nSPS) is 38.6. The Bertz CT molecular complexity index is 477. The molecule has 0 aromatic carbocycles. The van der Waals surface area contributed by atoms with Crippen LogP contribution in [0.2, 0.25) is 0 Å². The van der Waals surface area contributed by atoms with Crippen molar-refractivity contribution in [3.8, 4) is 0 Å². The van der Waals surface area contributed by atoms with Crippen LogP contribution in [0.3, 0.4) is 0 Å². The highest BCUT2D eigenvalue weighted by atomic mass is 32.2. The first-order chi connectivity index (χ1) is 12.8. The molecule has 0 aromatic rings. The maximum Gasteiger partial charge on any atom is 0.237 e. The van der Waals surface area contributed by atoms with Crippen LogP contribution in [0.5, 0.6) is 0 Å². The number of carbonyl (C=O) groups excluding carboxylic acids is 1. The molecule has 7 nitrogen and oxygen atoms in total. The van der Waals surface area contributed by atoms with Gasteiger partial charge in [0.1, 0.15) is 29.9 Å². The molecule has 1 amide bonds. The van der Waals surface area contributed by atoms with Crippen molar-refractivity contribution in [2.75, 3.05) is 12.8 Å². The Kier molecular flexibility index (Phi) is 8.83. The lowest BCUT2D eigenvalue weighted by Gasteiger charge is -2.44. The summed E-state index contributed by atoms with van der Waals surface area (Å²) in [6.07, 6.45) is 1.42. The van der Waals surface area contributed by atoms with Gasteiger partial charge in [-0.25, -0.2) is 0 Å². The second kappa shape index (κ2) is 10.4. The summed E-state index contributed by atoms with van der Waals surface area (Å²) in [5.41, 5.74) is -0.645. The molecule has 5 N–H and O–H groups in total. The Morgan fingerprint density at radius 3 is 2.56 bits per heavy atom. The van der Waals surface area contributed by atoms with Crippen molar-refractivity contribution in [2.45, 2.75) is 88.4 Å². The third-order valence-corrected chi connectivity index (χ3v) is 6.60. The fraction of sp³-hybridized carbons (Fsp3) is 0.947. The first-order valence-electron chi connectivity index (χ1n) is 10.1. The van der Waals surface area contributed by atoms with Crippen LogP contribution in [0, 0.1) is 11.8 Å². The van der Waals surface area contributed by atoms with E-state index in [1.807, 2.05) is 13.8 Å². The number of aliphatic hydroxyl groups is 3. The van der Waals surface area contributed by atoms with Gasteiger partial charge in [0.15, 0.2) is 0 Å². The summed E-state index contributed by atoms with van der Waals surface area (Å²) in [5, 5.41) is 37.1. The van der Waals surface area contributed by atoms with Crippen molar-refractivity contribution in [3.63, 3.8) is 0 Å². The van der Waals surface area contributed by atoms with Gasteiger partial charge in [0.25, 0.3) is 0 Å². The van der Waals surface area contributed by atoms with Crippen molar-refractivity contribution in [1.29, 1.82) is 0 Å². The van der Waals surface area contributed by atoms with E-state index < -0.39 is 35.9 Å². The fourth-order valence-electron chi connectivity index (χ4n) is 4.12. The average Bonchev–Trinajstić information content (AvgIpc) is 2.65. The van der Waals surface area contributed by atoms with Gasteiger partial charge in [0, 0.05) is 0 Å². The van der Waals surface area contributed by atoms with Gasteiger partial charge in [0.2, 0.25) is 5.91 Å². The quantitative estimate of drug-likeness (QED) is 0.419. The molecular formula is C19H36N2O5S. The summed E-state index contributed by atoms with van der Waals surface area (Å²) >= 11 is 1.28. The molecule has 2 rings (SSSR count). The Morgan fingerprint density at radius 2 is 1.96 bits per heavy atom. The lowest BCUT2D eigenvalue weighted by molar-refractivity contribution is -0.208. The zero-order chi connectivity index (χ0) is 20.1. The number of ether oxygens (including phenoxy) is 1. The molecule has 8 heteroatoms. The molecule has 0 spiro atoms. The lowest BCUT2D eigenvalue weighted by atomic mass is 9.86. The van der Waals surface area contributed by atoms with Crippen LogP contribution in [-0.2, 0) is 9.53 Å². The van der Waals surface area contributed by atoms with Gasteiger partial charge in [-0.2, -0.15) is 0 Å². The molecule has 0 radical (unpaired) electrons. The fourth-order valence-corrected chi connectivity index (χ4v) is 4.80. The number of hydrogen-bond acceptors (Lipinski definition) is 7. The summed E-state index contributed by atoms with van der Waals surface area (Å²) in [6.45, 7) is 6.88. The Balaban J connectivity index is 2.07. The largest absolute Gasteiger partial charge is 0.388 e. The average molecular weight is 405 g/mol. The predicted octanol–water partition coefficient (Wildman–Crippen LogP) is 0.466. The van der Waals surface area contributed by atoms with Gasteiger partial charge in [-0.3, -0.25) is 4.79 Å². The monoisotopic (exact) mass is 404 g/mol. The molecule has 158 valence electrons. The molecule has 27 heavy (non-hydrogen) atoms. The molecular weight excluding hydrogens is 368 g/mol.